The summed E-state index contributed by atoms with van der Waals surface area (Å²) in [5, 5.41) is 5.16. The number of aromatic nitrogens is 2. The van der Waals surface area contributed by atoms with Gasteiger partial charge in [-0.1, -0.05) is 106 Å². The summed E-state index contributed by atoms with van der Waals surface area (Å²) in [5.41, 5.74) is 29.7. The van der Waals surface area contributed by atoms with E-state index in [9.17, 15) is 0 Å². The SMILES string of the molecule is Cc1ccc(C)c(-c2cc3c4c(c2)-n2c5ccc(C)cc5c5cc(C)cc(c52)B4c2cc4c(cc2O3)Oc2cc(-c3cc(C)ccc3C)cc3c2B4c2c(C)ccc4c5cc(C)ccc5n-3c24)c1. The van der Waals surface area contributed by atoms with Crippen LogP contribution in [0.15, 0.2) is 133 Å². The van der Waals surface area contributed by atoms with Crippen molar-refractivity contribution >= 4 is 89.8 Å². The fraction of sp³-hybridized carbons (Fsp3) is 0.129. The molecule has 0 unspecified atom stereocenters. The Morgan fingerprint density at radius 1 is 0.338 bits per heavy atom. The molecule has 0 atom stereocenters. The zero-order valence-corrected chi connectivity index (χ0v) is 39.6. The Morgan fingerprint density at radius 3 is 1.46 bits per heavy atom. The highest BCUT2D eigenvalue weighted by Gasteiger charge is 2.46. The lowest BCUT2D eigenvalue weighted by Crippen LogP contribution is -2.62. The Kier molecular flexibility index (Phi) is 7.37. The van der Waals surface area contributed by atoms with Crippen molar-refractivity contribution in [2.75, 3.05) is 0 Å². The van der Waals surface area contributed by atoms with Crippen molar-refractivity contribution < 1.29 is 9.47 Å². The smallest absolute Gasteiger partial charge is 0.256 e. The third-order valence-electron chi connectivity index (χ3n) is 16.0. The maximum atomic E-state index is 7.38. The maximum absolute atomic E-state index is 7.38. The highest BCUT2D eigenvalue weighted by molar-refractivity contribution is 7.02. The molecule has 0 saturated heterocycles. The van der Waals surface area contributed by atoms with Crippen molar-refractivity contribution in [3.63, 3.8) is 0 Å². The van der Waals surface area contributed by atoms with Crippen LogP contribution in [0.2, 0.25) is 0 Å². The summed E-state index contributed by atoms with van der Waals surface area (Å²) in [6.07, 6.45) is 0. The zero-order chi connectivity index (χ0) is 45.8. The predicted octanol–water partition coefficient (Wildman–Crippen LogP) is 11.6. The average Bonchev–Trinajstić information content (AvgIpc) is 3.82. The number of hydrogen-bond acceptors (Lipinski definition) is 2. The van der Waals surface area contributed by atoms with E-state index >= 15 is 0 Å². The standard InChI is InChI=1S/C62H46B2N2O2/c1-31-9-13-36(6)42(19-31)39-25-52-59-56(27-39)67-54-30-55-48(29-47(54)63(59)49-24-35(5)23-46-45-22-34(4)12-18-51(45)65(52)61(46)49)64-58-38(8)15-16-41-44-21-33(3)11-17-50(44)66(62(41)58)53-26-40(28-57(68-55)60(53)64)43-20-32(2)10-14-37(43)7/h9-30H,1-8H3. The van der Waals surface area contributed by atoms with Crippen LogP contribution in [0, 0.1) is 55.4 Å². The molecule has 2 aromatic heterocycles. The Hall–Kier alpha value is -7.69. The molecule has 322 valence electrons. The van der Waals surface area contributed by atoms with Gasteiger partial charge in [-0.05, 0) is 176 Å². The second-order valence-electron chi connectivity index (χ2n) is 20.6. The maximum Gasteiger partial charge on any atom is 0.256 e. The number of nitrogens with zero attached hydrogens (tertiary/aromatic N) is 2. The minimum absolute atomic E-state index is 0.0635. The van der Waals surface area contributed by atoms with E-state index in [1.54, 1.807) is 0 Å². The van der Waals surface area contributed by atoms with Crippen LogP contribution >= 0.6 is 0 Å². The van der Waals surface area contributed by atoms with Gasteiger partial charge < -0.3 is 18.6 Å². The van der Waals surface area contributed by atoms with E-state index in [0.717, 1.165) is 34.1 Å². The summed E-state index contributed by atoms with van der Waals surface area (Å²) in [6, 6.07) is 51.2. The largest absolute Gasteiger partial charge is 0.458 e. The van der Waals surface area contributed by atoms with E-state index in [1.165, 1.54) is 143 Å². The van der Waals surface area contributed by atoms with E-state index in [2.05, 4.69) is 198 Å². The average molecular weight is 873 g/mol. The van der Waals surface area contributed by atoms with Crippen molar-refractivity contribution in [3.8, 4) is 56.6 Å². The molecule has 0 amide bonds. The molecule has 4 aliphatic heterocycles. The van der Waals surface area contributed by atoms with E-state index < -0.39 is 0 Å². The van der Waals surface area contributed by atoms with Gasteiger partial charge in [-0.3, -0.25) is 0 Å². The molecule has 0 spiro atoms. The van der Waals surface area contributed by atoms with Crippen LogP contribution in [-0.4, -0.2) is 22.6 Å². The first-order chi connectivity index (χ1) is 33.0. The van der Waals surface area contributed by atoms with Gasteiger partial charge in [0.1, 0.15) is 23.0 Å². The number of rotatable bonds is 2. The number of hydrogen-bond donors (Lipinski definition) is 0. The van der Waals surface area contributed by atoms with Crippen molar-refractivity contribution in [2.24, 2.45) is 0 Å². The first-order valence-electron chi connectivity index (χ1n) is 24.1. The highest BCUT2D eigenvalue weighted by Crippen LogP contribution is 2.45. The molecule has 0 radical (unpaired) electrons. The summed E-state index contributed by atoms with van der Waals surface area (Å²) < 4.78 is 19.9. The first kappa shape index (κ1) is 38.4. The number of fused-ring (bicyclic) bond motifs is 14. The fourth-order valence-corrected chi connectivity index (χ4v) is 13.0. The van der Waals surface area contributed by atoms with Gasteiger partial charge in [0, 0.05) is 50.0 Å². The summed E-state index contributed by atoms with van der Waals surface area (Å²) in [4.78, 5) is 0. The Morgan fingerprint density at radius 2 is 0.838 bits per heavy atom. The summed E-state index contributed by atoms with van der Waals surface area (Å²) >= 11 is 0. The van der Waals surface area contributed by atoms with Crippen molar-refractivity contribution in [1.29, 1.82) is 0 Å². The Bertz CT molecular complexity index is 4210. The molecular weight excluding hydrogens is 826 g/mol. The van der Waals surface area contributed by atoms with Gasteiger partial charge in [0.05, 0.1) is 11.0 Å². The predicted molar refractivity (Wildman–Crippen MR) is 286 cm³/mol. The second kappa shape index (κ2) is 13.0. The summed E-state index contributed by atoms with van der Waals surface area (Å²) in [6.45, 7) is 17.6. The molecule has 0 N–H and O–H groups in total. The quantitative estimate of drug-likeness (QED) is 0.162. The Balaban J connectivity index is 1.04. The van der Waals surface area contributed by atoms with Crippen molar-refractivity contribution in [1.82, 2.24) is 9.13 Å². The molecule has 9 aromatic carbocycles. The molecule has 0 aliphatic carbocycles. The fourth-order valence-electron chi connectivity index (χ4n) is 13.0. The van der Waals surface area contributed by atoms with Crippen molar-refractivity contribution in [3.05, 3.63) is 178 Å². The molecule has 15 rings (SSSR count). The summed E-state index contributed by atoms with van der Waals surface area (Å²) in [5.74, 6) is 3.51. The number of ether oxygens (including phenoxy) is 2. The number of aryl methyl sites for hydroxylation is 8. The topological polar surface area (TPSA) is 28.3 Å². The van der Waals surface area contributed by atoms with Gasteiger partial charge in [-0.2, -0.15) is 0 Å². The first-order valence-corrected chi connectivity index (χ1v) is 24.1. The van der Waals surface area contributed by atoms with Crippen LogP contribution < -0.4 is 42.3 Å². The Labute approximate surface area is 396 Å². The second-order valence-corrected chi connectivity index (χ2v) is 20.6. The van der Waals surface area contributed by atoms with E-state index in [-0.39, 0.29) is 13.4 Å². The molecule has 6 heterocycles. The molecule has 6 heteroatoms. The molecule has 0 saturated carbocycles. The molecule has 4 aliphatic rings. The van der Waals surface area contributed by atoms with E-state index in [0.29, 0.717) is 0 Å². The van der Waals surface area contributed by atoms with E-state index in [4.69, 9.17) is 9.47 Å². The van der Waals surface area contributed by atoms with E-state index in [1.807, 2.05) is 0 Å². The molecular formula is C62H46B2N2O2. The highest BCUT2D eigenvalue weighted by atomic mass is 16.5. The monoisotopic (exact) mass is 872 g/mol. The van der Waals surface area contributed by atoms with Crippen LogP contribution in [0.1, 0.15) is 44.5 Å². The van der Waals surface area contributed by atoms with Gasteiger partial charge in [-0.25, -0.2) is 0 Å². The lowest BCUT2D eigenvalue weighted by molar-refractivity contribution is 0.465. The van der Waals surface area contributed by atoms with Crippen LogP contribution in [0.3, 0.4) is 0 Å². The zero-order valence-electron chi connectivity index (χ0n) is 39.6. The summed E-state index contributed by atoms with van der Waals surface area (Å²) in [7, 11) is 0. The third-order valence-corrected chi connectivity index (χ3v) is 16.0. The van der Waals surface area contributed by atoms with Gasteiger partial charge in [0.15, 0.2) is 0 Å². The van der Waals surface area contributed by atoms with Gasteiger partial charge >= 0.3 is 0 Å². The molecule has 68 heavy (non-hydrogen) atoms. The van der Waals surface area contributed by atoms with Crippen LogP contribution in [-0.2, 0) is 0 Å². The molecule has 0 fully saturated rings. The van der Waals surface area contributed by atoms with Gasteiger partial charge in [0.25, 0.3) is 13.4 Å². The van der Waals surface area contributed by atoms with Crippen LogP contribution in [0.25, 0.3) is 77.2 Å². The normalized spacial score (nSPS) is 13.5. The minimum Gasteiger partial charge on any atom is -0.458 e. The van der Waals surface area contributed by atoms with Gasteiger partial charge in [-0.15, -0.1) is 0 Å². The lowest BCUT2D eigenvalue weighted by Gasteiger charge is -2.37. The third kappa shape index (κ3) is 4.92. The number of benzene rings is 9. The molecule has 0 bridgehead atoms. The minimum atomic E-state index is -0.0653. The van der Waals surface area contributed by atoms with Gasteiger partial charge in [0.2, 0.25) is 0 Å². The molecule has 4 nitrogen and oxygen atoms in total. The van der Waals surface area contributed by atoms with Crippen LogP contribution in [0.4, 0.5) is 0 Å². The van der Waals surface area contributed by atoms with Crippen molar-refractivity contribution in [2.45, 2.75) is 55.4 Å². The lowest BCUT2D eigenvalue weighted by atomic mass is 9.31. The molecule has 11 aromatic rings. The van der Waals surface area contributed by atoms with Crippen LogP contribution in [0.5, 0.6) is 23.0 Å².